The van der Waals surface area contributed by atoms with Gasteiger partial charge in [0.05, 0.1) is 33.3 Å². The normalized spacial score (nSPS) is 23.6. The van der Waals surface area contributed by atoms with Gasteiger partial charge in [-0.15, -0.1) is 0 Å². The molecule has 3 aliphatic rings. The molecule has 0 aliphatic carbocycles. The SMILES string of the molecule is COc1ccc(C(OC[C@H]2O[C@@H](N3C(Br)=NC4C(=O)N=C(/N=C/N(C)C)N=C43)C[C@@H]2O)(c2ccccc2)c2cccc(OC)c2)cc1. The molecule has 1 amide bonds. The minimum atomic E-state index is -1.11. The number of amides is 1. The van der Waals surface area contributed by atoms with Gasteiger partial charge in [-0.2, -0.15) is 9.98 Å². The highest BCUT2D eigenvalue weighted by atomic mass is 79.9. The van der Waals surface area contributed by atoms with Crippen LogP contribution in [0.5, 0.6) is 11.5 Å². The molecule has 1 fully saturated rings. The van der Waals surface area contributed by atoms with Crippen LogP contribution in [0, 0.1) is 0 Å². The fourth-order valence-electron chi connectivity index (χ4n) is 5.83. The van der Waals surface area contributed by atoms with E-state index < -0.39 is 36.0 Å². The molecule has 3 heterocycles. The Morgan fingerprint density at radius 3 is 2.40 bits per heavy atom. The average Bonchev–Trinajstić information content (AvgIpc) is 3.62. The molecule has 0 aromatic heterocycles. The van der Waals surface area contributed by atoms with Crippen molar-refractivity contribution in [2.75, 3.05) is 34.9 Å². The zero-order valence-corrected chi connectivity index (χ0v) is 27.9. The lowest BCUT2D eigenvalue weighted by atomic mass is 9.80. The molecule has 2 unspecified atom stereocenters. The Bertz CT molecular complexity index is 1730. The number of hydrogen-bond acceptors (Lipinski definition) is 10. The number of guanidine groups is 1. The lowest BCUT2D eigenvalue weighted by Crippen LogP contribution is -2.45. The molecule has 6 rings (SSSR count). The number of aliphatic imine (C=N–C) groups is 4. The van der Waals surface area contributed by atoms with Gasteiger partial charge < -0.3 is 29.0 Å². The van der Waals surface area contributed by atoms with Gasteiger partial charge in [0.1, 0.15) is 29.4 Å². The number of aliphatic hydroxyl groups is 1. The smallest absolute Gasteiger partial charge is 0.281 e. The number of carbonyl (C=O) groups excluding carboxylic acids is 1. The first-order valence-electron chi connectivity index (χ1n) is 15.0. The third-order valence-electron chi connectivity index (χ3n) is 8.10. The number of hydrogen-bond donors (Lipinski definition) is 1. The van der Waals surface area contributed by atoms with E-state index in [2.05, 4.69) is 35.9 Å². The van der Waals surface area contributed by atoms with E-state index in [0.29, 0.717) is 22.1 Å². The zero-order chi connectivity index (χ0) is 33.1. The molecular formula is C34H35BrN6O6. The molecule has 1 N–H and O–H groups in total. The first kappa shape index (κ1) is 32.5. The van der Waals surface area contributed by atoms with Crippen LogP contribution in [-0.4, -0.2) is 103 Å². The van der Waals surface area contributed by atoms with E-state index in [-0.39, 0.29) is 19.0 Å². The summed E-state index contributed by atoms with van der Waals surface area (Å²) in [5.41, 5.74) is 1.44. The average molecular weight is 704 g/mol. The highest BCUT2D eigenvalue weighted by Gasteiger charge is 2.48. The molecule has 47 heavy (non-hydrogen) atoms. The van der Waals surface area contributed by atoms with Crippen LogP contribution in [0.3, 0.4) is 0 Å². The maximum atomic E-state index is 12.8. The summed E-state index contributed by atoms with van der Waals surface area (Å²) < 4.78 is 24.8. The molecule has 244 valence electrons. The number of amidine groups is 2. The summed E-state index contributed by atoms with van der Waals surface area (Å²) in [6.07, 6.45) is -0.584. The minimum absolute atomic E-state index is 0.0150. The van der Waals surface area contributed by atoms with E-state index in [1.165, 1.54) is 6.34 Å². The highest BCUT2D eigenvalue weighted by Crippen LogP contribution is 2.43. The molecule has 12 nitrogen and oxygen atoms in total. The highest BCUT2D eigenvalue weighted by molar-refractivity contribution is 9.18. The molecule has 0 bridgehead atoms. The van der Waals surface area contributed by atoms with E-state index in [1.807, 2.05) is 78.9 Å². The number of aliphatic hydroxyl groups excluding tert-OH is 1. The Balaban J connectivity index is 1.32. The van der Waals surface area contributed by atoms with Crippen molar-refractivity contribution in [3.63, 3.8) is 0 Å². The Morgan fingerprint density at radius 1 is 1.00 bits per heavy atom. The van der Waals surface area contributed by atoms with E-state index in [1.54, 1.807) is 38.1 Å². The Kier molecular flexibility index (Phi) is 9.50. The molecule has 0 saturated carbocycles. The van der Waals surface area contributed by atoms with Crippen LogP contribution >= 0.6 is 15.9 Å². The lowest BCUT2D eigenvalue weighted by Gasteiger charge is -2.37. The van der Waals surface area contributed by atoms with E-state index in [9.17, 15) is 9.90 Å². The van der Waals surface area contributed by atoms with Crippen molar-refractivity contribution in [1.29, 1.82) is 0 Å². The third kappa shape index (κ3) is 6.44. The largest absolute Gasteiger partial charge is 0.497 e. The molecule has 3 aliphatic heterocycles. The van der Waals surface area contributed by atoms with Crippen molar-refractivity contribution >= 4 is 44.7 Å². The van der Waals surface area contributed by atoms with Crippen molar-refractivity contribution in [2.45, 2.75) is 36.5 Å². The zero-order valence-electron chi connectivity index (χ0n) is 26.4. The van der Waals surface area contributed by atoms with Gasteiger partial charge in [0.2, 0.25) is 0 Å². The second-order valence-electron chi connectivity index (χ2n) is 11.3. The summed E-state index contributed by atoms with van der Waals surface area (Å²) in [5, 5.41) is 11.3. The number of fused-ring (bicyclic) bond motifs is 1. The van der Waals surface area contributed by atoms with Gasteiger partial charge in [-0.3, -0.25) is 9.69 Å². The molecule has 0 radical (unpaired) electrons. The van der Waals surface area contributed by atoms with Crippen molar-refractivity contribution in [1.82, 2.24) is 9.80 Å². The molecule has 3 aromatic rings. The van der Waals surface area contributed by atoms with Gasteiger partial charge >= 0.3 is 0 Å². The van der Waals surface area contributed by atoms with Gasteiger partial charge in [-0.25, -0.2) is 9.98 Å². The summed E-state index contributed by atoms with van der Waals surface area (Å²) in [5.74, 6) is 1.24. The van der Waals surface area contributed by atoms with Crippen molar-refractivity contribution in [3.05, 3.63) is 95.6 Å². The standard InChI is InChI=1S/C34H35BrN6O6/c1-40(2)20-36-33-38-30-29(31(43)39-33)37-32(35)41(30)28-18-26(42)27(47-28)19-46-34(21-9-6-5-7-10-21,22-13-15-24(44-3)16-14-22)23-11-8-12-25(17-23)45-4/h5-17,20,26-29,42H,18-19H2,1-4H3/b36-20+/t26-,27+,28+,29?,34?/m0/s1. The van der Waals surface area contributed by atoms with Crippen LogP contribution in [0.1, 0.15) is 23.1 Å². The summed E-state index contributed by atoms with van der Waals surface area (Å²) in [6.45, 7) is 0.0209. The molecule has 13 heteroatoms. The second-order valence-corrected chi connectivity index (χ2v) is 12.1. The second kappa shape index (κ2) is 13.7. The number of ether oxygens (including phenoxy) is 4. The third-order valence-corrected chi connectivity index (χ3v) is 8.68. The van der Waals surface area contributed by atoms with Gasteiger partial charge in [0.25, 0.3) is 11.9 Å². The fourth-order valence-corrected chi connectivity index (χ4v) is 6.45. The van der Waals surface area contributed by atoms with Crippen molar-refractivity contribution in [2.24, 2.45) is 20.0 Å². The van der Waals surface area contributed by atoms with Gasteiger partial charge in [-0.05, 0) is 56.9 Å². The fraction of sp³-hybridized carbons (Fsp3) is 0.324. The van der Waals surface area contributed by atoms with Crippen molar-refractivity contribution in [3.8, 4) is 11.5 Å². The number of methoxy groups -OCH3 is 2. The van der Waals surface area contributed by atoms with Crippen LogP contribution in [0.2, 0.25) is 0 Å². The topological polar surface area (TPSA) is 130 Å². The summed E-state index contributed by atoms with van der Waals surface area (Å²) in [7, 11) is 6.85. The van der Waals surface area contributed by atoms with Gasteiger partial charge in [0.15, 0.2) is 16.6 Å². The summed E-state index contributed by atoms with van der Waals surface area (Å²) in [4.78, 5) is 33.3. The number of halogens is 1. The quantitative estimate of drug-likeness (QED) is 0.146. The van der Waals surface area contributed by atoms with Crippen LogP contribution < -0.4 is 9.47 Å². The summed E-state index contributed by atoms with van der Waals surface area (Å²) in [6, 6.07) is 24.4. The molecule has 0 spiro atoms. The first-order valence-corrected chi connectivity index (χ1v) is 15.8. The number of nitrogens with zero attached hydrogens (tertiary/aromatic N) is 6. The van der Waals surface area contributed by atoms with Crippen LogP contribution in [-0.2, 0) is 19.9 Å². The summed E-state index contributed by atoms with van der Waals surface area (Å²) >= 11 is 3.47. The lowest BCUT2D eigenvalue weighted by molar-refractivity contribution is -0.117. The maximum absolute atomic E-state index is 12.8. The molecule has 3 aromatic carbocycles. The number of rotatable bonds is 10. The Morgan fingerprint density at radius 2 is 1.70 bits per heavy atom. The maximum Gasteiger partial charge on any atom is 0.281 e. The number of carbonyl (C=O) groups is 1. The van der Waals surface area contributed by atoms with Crippen LogP contribution in [0.15, 0.2) is 98.8 Å². The van der Waals surface area contributed by atoms with Crippen molar-refractivity contribution < 1.29 is 28.8 Å². The number of benzene rings is 3. The van der Waals surface area contributed by atoms with Gasteiger partial charge in [-0.1, -0.05) is 54.6 Å². The van der Waals surface area contributed by atoms with E-state index >= 15 is 0 Å². The first-order chi connectivity index (χ1) is 22.7. The van der Waals surface area contributed by atoms with Gasteiger partial charge in [0, 0.05) is 20.5 Å². The van der Waals surface area contributed by atoms with Crippen LogP contribution in [0.4, 0.5) is 0 Å². The Hall–Kier alpha value is -4.43. The van der Waals surface area contributed by atoms with E-state index in [0.717, 1.165) is 16.7 Å². The predicted molar refractivity (Wildman–Crippen MR) is 182 cm³/mol. The predicted octanol–water partition coefficient (Wildman–Crippen LogP) is 3.81. The molecular weight excluding hydrogens is 668 g/mol. The Labute approximate surface area is 281 Å². The van der Waals surface area contributed by atoms with Crippen LogP contribution in [0.25, 0.3) is 0 Å². The minimum Gasteiger partial charge on any atom is -0.497 e. The monoisotopic (exact) mass is 702 g/mol. The molecule has 1 saturated heterocycles. The molecule has 5 atom stereocenters. The van der Waals surface area contributed by atoms with E-state index in [4.69, 9.17) is 18.9 Å².